The van der Waals surface area contributed by atoms with E-state index in [2.05, 4.69) is 15.0 Å². The van der Waals surface area contributed by atoms with E-state index in [1.165, 1.54) is 0 Å². The van der Waals surface area contributed by atoms with E-state index in [0.717, 1.165) is 5.56 Å². The van der Waals surface area contributed by atoms with Crippen molar-refractivity contribution in [2.75, 3.05) is 13.1 Å². The Morgan fingerprint density at radius 2 is 2.06 bits per heavy atom. The van der Waals surface area contributed by atoms with Gasteiger partial charge >= 0.3 is 0 Å². The molecule has 0 radical (unpaired) electrons. The van der Waals surface area contributed by atoms with Gasteiger partial charge < -0.3 is 9.63 Å². The first-order valence-corrected chi connectivity index (χ1v) is 5.95. The summed E-state index contributed by atoms with van der Waals surface area (Å²) in [6.07, 6.45) is 0. The summed E-state index contributed by atoms with van der Waals surface area (Å²) in [6.45, 7) is 3.72. The Morgan fingerprint density at radius 3 is 2.72 bits per heavy atom. The van der Waals surface area contributed by atoms with E-state index in [1.807, 2.05) is 37.3 Å². The van der Waals surface area contributed by atoms with Crippen LogP contribution in [0.5, 0.6) is 0 Å². The number of likely N-dealkylation sites (tertiary alicyclic amines) is 1. The number of rotatable bonds is 3. The summed E-state index contributed by atoms with van der Waals surface area (Å²) in [5.41, 5.74) is 0.380. The Kier molecular flexibility index (Phi) is 2.65. The number of aliphatic hydroxyl groups is 1. The lowest BCUT2D eigenvalue weighted by Crippen LogP contribution is -2.59. The summed E-state index contributed by atoms with van der Waals surface area (Å²) in [6, 6.07) is 9.73. The third-order valence-electron chi connectivity index (χ3n) is 2.99. The molecule has 1 saturated heterocycles. The van der Waals surface area contributed by atoms with Gasteiger partial charge in [-0.15, -0.1) is 0 Å². The van der Waals surface area contributed by atoms with E-state index >= 15 is 0 Å². The summed E-state index contributed by atoms with van der Waals surface area (Å²) >= 11 is 0. The third kappa shape index (κ3) is 2.27. The summed E-state index contributed by atoms with van der Waals surface area (Å²) in [5, 5.41) is 13.6. The standard InChI is InChI=1S/C13H15N3O2/c1-13(17)8-16(9-13)7-11-14-12(15-18-11)10-5-3-2-4-6-10/h2-6,17H,7-9H2,1H3. The summed E-state index contributed by atoms with van der Waals surface area (Å²) in [7, 11) is 0. The van der Waals surface area contributed by atoms with Crippen molar-refractivity contribution in [2.45, 2.75) is 19.1 Å². The minimum Gasteiger partial charge on any atom is -0.388 e. The quantitative estimate of drug-likeness (QED) is 0.883. The highest BCUT2D eigenvalue weighted by molar-refractivity contribution is 5.53. The van der Waals surface area contributed by atoms with Crippen LogP contribution in [0.2, 0.25) is 0 Å². The minimum absolute atomic E-state index is 0.567. The normalized spacial score (nSPS) is 18.6. The zero-order valence-corrected chi connectivity index (χ0v) is 10.2. The number of hydrogen-bond donors (Lipinski definition) is 1. The summed E-state index contributed by atoms with van der Waals surface area (Å²) < 4.78 is 5.21. The molecule has 2 aromatic rings. The molecular formula is C13H15N3O2. The Hall–Kier alpha value is -1.72. The van der Waals surface area contributed by atoms with E-state index in [0.29, 0.717) is 31.3 Å². The van der Waals surface area contributed by atoms with Crippen molar-refractivity contribution in [3.05, 3.63) is 36.2 Å². The van der Waals surface area contributed by atoms with Crippen LogP contribution < -0.4 is 0 Å². The highest BCUT2D eigenvalue weighted by atomic mass is 16.5. The van der Waals surface area contributed by atoms with Crippen molar-refractivity contribution in [3.8, 4) is 11.4 Å². The Balaban J connectivity index is 1.68. The molecular weight excluding hydrogens is 230 g/mol. The molecule has 3 rings (SSSR count). The fourth-order valence-electron chi connectivity index (χ4n) is 2.24. The van der Waals surface area contributed by atoms with E-state index in [9.17, 15) is 5.11 Å². The fourth-order valence-corrected chi connectivity index (χ4v) is 2.24. The lowest BCUT2D eigenvalue weighted by Gasteiger charge is -2.43. The van der Waals surface area contributed by atoms with Crippen molar-refractivity contribution in [1.29, 1.82) is 0 Å². The molecule has 5 heteroatoms. The number of nitrogens with zero attached hydrogens (tertiary/aromatic N) is 3. The van der Waals surface area contributed by atoms with Crippen LogP contribution in [0.4, 0.5) is 0 Å². The van der Waals surface area contributed by atoms with Crippen molar-refractivity contribution in [3.63, 3.8) is 0 Å². The van der Waals surface area contributed by atoms with Crippen LogP contribution >= 0.6 is 0 Å². The third-order valence-corrected chi connectivity index (χ3v) is 2.99. The first-order chi connectivity index (χ1) is 8.62. The maximum atomic E-state index is 9.64. The molecule has 0 bridgehead atoms. The lowest BCUT2D eigenvalue weighted by molar-refractivity contribution is -0.0901. The molecule has 0 aliphatic carbocycles. The zero-order valence-electron chi connectivity index (χ0n) is 10.2. The topological polar surface area (TPSA) is 62.4 Å². The predicted octanol–water partition coefficient (Wildman–Crippen LogP) is 1.30. The van der Waals surface area contributed by atoms with Crippen molar-refractivity contribution < 1.29 is 9.63 Å². The molecule has 0 unspecified atom stereocenters. The van der Waals surface area contributed by atoms with E-state index in [1.54, 1.807) is 0 Å². The number of hydrogen-bond acceptors (Lipinski definition) is 5. The van der Waals surface area contributed by atoms with Gasteiger partial charge in [-0.1, -0.05) is 35.5 Å². The van der Waals surface area contributed by atoms with Gasteiger partial charge in [0.1, 0.15) is 0 Å². The fraction of sp³-hybridized carbons (Fsp3) is 0.385. The van der Waals surface area contributed by atoms with Gasteiger partial charge in [-0.05, 0) is 6.92 Å². The smallest absolute Gasteiger partial charge is 0.241 e. The average Bonchev–Trinajstić information content (AvgIpc) is 2.76. The molecule has 1 aliphatic heterocycles. The molecule has 2 heterocycles. The van der Waals surface area contributed by atoms with Gasteiger partial charge in [0.05, 0.1) is 12.1 Å². The average molecular weight is 245 g/mol. The van der Waals surface area contributed by atoms with Gasteiger partial charge in [0.15, 0.2) is 0 Å². The number of β-amino-alcohol motifs (C(OH)–C–C–N with tert-alkyl or cyclic N) is 1. The summed E-state index contributed by atoms with van der Waals surface area (Å²) in [4.78, 5) is 6.42. The molecule has 18 heavy (non-hydrogen) atoms. The monoisotopic (exact) mass is 245 g/mol. The highest BCUT2D eigenvalue weighted by Gasteiger charge is 2.37. The molecule has 94 valence electrons. The molecule has 0 atom stereocenters. The van der Waals surface area contributed by atoms with E-state index in [-0.39, 0.29) is 0 Å². The Morgan fingerprint density at radius 1 is 1.33 bits per heavy atom. The van der Waals surface area contributed by atoms with Crippen LogP contribution in [0.3, 0.4) is 0 Å². The molecule has 1 N–H and O–H groups in total. The number of aromatic nitrogens is 2. The number of benzene rings is 1. The molecule has 0 amide bonds. The van der Waals surface area contributed by atoms with Gasteiger partial charge in [0.25, 0.3) is 0 Å². The first-order valence-electron chi connectivity index (χ1n) is 5.95. The van der Waals surface area contributed by atoms with Crippen LogP contribution in [0.15, 0.2) is 34.9 Å². The Bertz CT molecular complexity index is 528. The molecule has 5 nitrogen and oxygen atoms in total. The van der Waals surface area contributed by atoms with Crippen LogP contribution in [0.25, 0.3) is 11.4 Å². The highest BCUT2D eigenvalue weighted by Crippen LogP contribution is 2.22. The van der Waals surface area contributed by atoms with Gasteiger partial charge in [-0.2, -0.15) is 4.98 Å². The van der Waals surface area contributed by atoms with E-state index in [4.69, 9.17) is 4.52 Å². The molecule has 0 spiro atoms. The van der Waals surface area contributed by atoms with Crippen molar-refractivity contribution in [1.82, 2.24) is 15.0 Å². The Labute approximate surface area is 105 Å². The minimum atomic E-state index is -0.567. The van der Waals surface area contributed by atoms with Crippen LogP contribution in [0, 0.1) is 0 Å². The van der Waals surface area contributed by atoms with Gasteiger partial charge in [-0.25, -0.2) is 0 Å². The second-order valence-electron chi connectivity index (χ2n) is 5.02. The largest absolute Gasteiger partial charge is 0.388 e. The second-order valence-corrected chi connectivity index (χ2v) is 5.02. The second kappa shape index (κ2) is 4.19. The lowest BCUT2D eigenvalue weighted by atomic mass is 9.97. The van der Waals surface area contributed by atoms with Crippen LogP contribution in [-0.4, -0.2) is 38.8 Å². The maximum Gasteiger partial charge on any atom is 0.241 e. The van der Waals surface area contributed by atoms with Crippen molar-refractivity contribution in [2.24, 2.45) is 0 Å². The zero-order chi connectivity index (χ0) is 12.6. The predicted molar refractivity (Wildman–Crippen MR) is 65.6 cm³/mol. The van der Waals surface area contributed by atoms with E-state index < -0.39 is 5.60 Å². The van der Waals surface area contributed by atoms with Gasteiger partial charge in [0.2, 0.25) is 11.7 Å². The molecule has 0 saturated carbocycles. The molecule has 1 fully saturated rings. The van der Waals surface area contributed by atoms with Crippen LogP contribution in [0.1, 0.15) is 12.8 Å². The van der Waals surface area contributed by atoms with Gasteiger partial charge in [0, 0.05) is 18.7 Å². The molecule has 1 aromatic heterocycles. The van der Waals surface area contributed by atoms with Crippen molar-refractivity contribution >= 4 is 0 Å². The molecule has 1 aliphatic rings. The van der Waals surface area contributed by atoms with Gasteiger partial charge in [-0.3, -0.25) is 4.90 Å². The SMILES string of the molecule is CC1(O)CN(Cc2nc(-c3ccccc3)no2)C1. The van der Waals surface area contributed by atoms with Crippen LogP contribution in [-0.2, 0) is 6.54 Å². The first kappa shape index (κ1) is 11.4. The maximum absolute atomic E-state index is 9.64. The molecule has 1 aromatic carbocycles. The summed E-state index contributed by atoms with van der Waals surface area (Å²) in [5.74, 6) is 1.20.